The first kappa shape index (κ1) is 20.9. The zero-order valence-corrected chi connectivity index (χ0v) is 16.6. The Hall–Kier alpha value is -2.37. The molecule has 2 aromatic rings. The van der Waals surface area contributed by atoms with Gasteiger partial charge in [0.2, 0.25) is 0 Å². The van der Waals surface area contributed by atoms with Gasteiger partial charge in [-0.15, -0.1) is 0 Å². The Morgan fingerprint density at radius 2 is 1.78 bits per heavy atom. The van der Waals surface area contributed by atoms with E-state index in [0.29, 0.717) is 11.6 Å². The summed E-state index contributed by atoms with van der Waals surface area (Å²) >= 11 is 5.96. The lowest BCUT2D eigenvalue weighted by atomic mass is 10.2. The van der Waals surface area contributed by atoms with Crippen LogP contribution in [0.25, 0.3) is 0 Å². The molecule has 144 valence electrons. The quantitative estimate of drug-likeness (QED) is 0.616. The van der Waals surface area contributed by atoms with Crippen molar-refractivity contribution in [3.05, 3.63) is 64.7 Å². The SMILES string of the molecule is CCC[NH+](CC(=O)NCc1cccc(Cl)c1)CC(=O)Nc1ccccc1C. The fourth-order valence-corrected chi connectivity index (χ4v) is 3.08. The summed E-state index contributed by atoms with van der Waals surface area (Å²) in [7, 11) is 0. The van der Waals surface area contributed by atoms with Crippen LogP contribution in [0.2, 0.25) is 5.02 Å². The van der Waals surface area contributed by atoms with E-state index in [1.807, 2.05) is 56.3 Å². The third-order valence-corrected chi connectivity index (χ3v) is 4.46. The van der Waals surface area contributed by atoms with Crippen molar-refractivity contribution in [2.75, 3.05) is 25.0 Å². The van der Waals surface area contributed by atoms with E-state index in [0.717, 1.165) is 34.7 Å². The first-order valence-corrected chi connectivity index (χ1v) is 9.56. The number of anilines is 1. The highest BCUT2D eigenvalue weighted by atomic mass is 35.5. The van der Waals surface area contributed by atoms with Crippen LogP contribution in [0.15, 0.2) is 48.5 Å². The van der Waals surface area contributed by atoms with Crippen molar-refractivity contribution in [2.24, 2.45) is 0 Å². The van der Waals surface area contributed by atoms with Gasteiger partial charge in [0.25, 0.3) is 11.8 Å². The number of aryl methyl sites for hydroxylation is 1. The van der Waals surface area contributed by atoms with Gasteiger partial charge in [-0.05, 0) is 42.7 Å². The van der Waals surface area contributed by atoms with Gasteiger partial charge in [-0.25, -0.2) is 0 Å². The van der Waals surface area contributed by atoms with Gasteiger partial charge in [0.1, 0.15) is 0 Å². The van der Waals surface area contributed by atoms with E-state index in [1.54, 1.807) is 6.07 Å². The minimum atomic E-state index is -0.0876. The molecular formula is C21H27ClN3O2+. The van der Waals surface area contributed by atoms with E-state index < -0.39 is 0 Å². The van der Waals surface area contributed by atoms with Gasteiger partial charge in [-0.3, -0.25) is 9.59 Å². The first-order chi connectivity index (χ1) is 13.0. The summed E-state index contributed by atoms with van der Waals surface area (Å²) in [6.07, 6.45) is 0.897. The summed E-state index contributed by atoms with van der Waals surface area (Å²) in [6, 6.07) is 15.1. The highest BCUT2D eigenvalue weighted by Crippen LogP contribution is 2.12. The number of carbonyl (C=O) groups is 2. The number of para-hydroxylation sites is 1. The number of hydrogen-bond donors (Lipinski definition) is 3. The Kier molecular flexibility index (Phi) is 8.30. The minimum Gasteiger partial charge on any atom is -0.347 e. The molecule has 0 aliphatic rings. The standard InChI is InChI=1S/C21H26ClN3O2/c1-3-11-25(15-21(27)24-19-10-5-4-7-16(19)2)14-20(26)23-13-17-8-6-9-18(22)12-17/h4-10,12H,3,11,13-15H2,1-2H3,(H,23,26)(H,24,27)/p+1. The maximum atomic E-state index is 12.4. The number of amides is 2. The number of quaternary nitrogens is 1. The van der Waals surface area contributed by atoms with Crippen LogP contribution in [0.1, 0.15) is 24.5 Å². The molecule has 0 aliphatic carbocycles. The summed E-state index contributed by atoms with van der Waals surface area (Å²) in [6.45, 7) is 5.70. The van der Waals surface area contributed by atoms with Crippen LogP contribution in [0.3, 0.4) is 0 Å². The molecular weight excluding hydrogens is 362 g/mol. The molecule has 3 N–H and O–H groups in total. The molecule has 0 heterocycles. The lowest BCUT2D eigenvalue weighted by Crippen LogP contribution is -3.14. The van der Waals surface area contributed by atoms with E-state index in [1.165, 1.54) is 0 Å². The molecule has 6 heteroatoms. The number of hydrogen-bond acceptors (Lipinski definition) is 2. The normalized spacial score (nSPS) is 11.7. The van der Waals surface area contributed by atoms with Crippen LogP contribution in [0, 0.1) is 6.92 Å². The van der Waals surface area contributed by atoms with Gasteiger partial charge >= 0.3 is 0 Å². The van der Waals surface area contributed by atoms with Gasteiger partial charge < -0.3 is 15.5 Å². The molecule has 0 fully saturated rings. The van der Waals surface area contributed by atoms with Crippen LogP contribution in [0.5, 0.6) is 0 Å². The lowest BCUT2D eigenvalue weighted by Gasteiger charge is -2.18. The Morgan fingerprint density at radius 3 is 2.48 bits per heavy atom. The number of rotatable bonds is 9. The van der Waals surface area contributed by atoms with Crippen molar-refractivity contribution in [3.8, 4) is 0 Å². The molecule has 2 rings (SSSR count). The third kappa shape index (κ3) is 7.41. The van der Waals surface area contributed by atoms with E-state index in [2.05, 4.69) is 10.6 Å². The second-order valence-electron chi connectivity index (χ2n) is 6.62. The molecule has 0 aromatic heterocycles. The summed E-state index contributed by atoms with van der Waals surface area (Å²) < 4.78 is 0. The van der Waals surface area contributed by atoms with Gasteiger partial charge in [0, 0.05) is 17.3 Å². The van der Waals surface area contributed by atoms with E-state index in [-0.39, 0.29) is 24.9 Å². The molecule has 2 aromatic carbocycles. The minimum absolute atomic E-state index is 0.0814. The van der Waals surface area contributed by atoms with Crippen LogP contribution in [0.4, 0.5) is 5.69 Å². The zero-order chi connectivity index (χ0) is 19.6. The van der Waals surface area contributed by atoms with Crippen molar-refractivity contribution >= 4 is 29.1 Å². The molecule has 2 amide bonds. The van der Waals surface area contributed by atoms with Gasteiger partial charge in [0.05, 0.1) is 6.54 Å². The lowest BCUT2D eigenvalue weighted by molar-refractivity contribution is -0.883. The van der Waals surface area contributed by atoms with Crippen molar-refractivity contribution in [3.63, 3.8) is 0 Å². The Labute approximate surface area is 165 Å². The largest absolute Gasteiger partial charge is 0.347 e. The predicted octanol–water partition coefficient (Wildman–Crippen LogP) is 2.20. The summed E-state index contributed by atoms with van der Waals surface area (Å²) in [5.41, 5.74) is 2.77. The van der Waals surface area contributed by atoms with Crippen LogP contribution >= 0.6 is 11.6 Å². The zero-order valence-electron chi connectivity index (χ0n) is 15.8. The van der Waals surface area contributed by atoms with Crippen molar-refractivity contribution < 1.29 is 14.5 Å². The van der Waals surface area contributed by atoms with Crippen LogP contribution in [-0.4, -0.2) is 31.4 Å². The molecule has 0 radical (unpaired) electrons. The fraction of sp³-hybridized carbons (Fsp3) is 0.333. The molecule has 27 heavy (non-hydrogen) atoms. The second kappa shape index (κ2) is 10.7. The summed E-state index contributed by atoms with van der Waals surface area (Å²) in [4.78, 5) is 25.6. The smallest absolute Gasteiger partial charge is 0.279 e. The third-order valence-electron chi connectivity index (χ3n) is 4.22. The van der Waals surface area contributed by atoms with E-state index in [9.17, 15) is 9.59 Å². The molecule has 0 saturated heterocycles. The highest BCUT2D eigenvalue weighted by molar-refractivity contribution is 6.30. The number of carbonyl (C=O) groups excluding carboxylic acids is 2. The Balaban J connectivity index is 1.85. The van der Waals surface area contributed by atoms with Gasteiger partial charge in [-0.1, -0.05) is 48.9 Å². The topological polar surface area (TPSA) is 62.6 Å². The number of nitrogens with one attached hydrogen (secondary N) is 3. The van der Waals surface area contributed by atoms with Gasteiger partial charge in [-0.2, -0.15) is 0 Å². The molecule has 1 unspecified atom stereocenters. The van der Waals surface area contributed by atoms with Gasteiger partial charge in [0.15, 0.2) is 13.1 Å². The molecule has 0 saturated carbocycles. The Bertz CT molecular complexity index is 780. The molecule has 0 aliphatic heterocycles. The van der Waals surface area contributed by atoms with Crippen molar-refractivity contribution in [1.82, 2.24) is 5.32 Å². The van der Waals surface area contributed by atoms with Crippen molar-refractivity contribution in [1.29, 1.82) is 0 Å². The van der Waals surface area contributed by atoms with E-state index >= 15 is 0 Å². The fourth-order valence-electron chi connectivity index (χ4n) is 2.86. The second-order valence-corrected chi connectivity index (χ2v) is 7.06. The molecule has 0 spiro atoms. The summed E-state index contributed by atoms with van der Waals surface area (Å²) in [5.74, 6) is -0.169. The predicted molar refractivity (Wildman–Crippen MR) is 109 cm³/mol. The van der Waals surface area contributed by atoms with Crippen molar-refractivity contribution in [2.45, 2.75) is 26.8 Å². The maximum Gasteiger partial charge on any atom is 0.279 e. The summed E-state index contributed by atoms with van der Waals surface area (Å²) in [5, 5.41) is 6.47. The van der Waals surface area contributed by atoms with Crippen LogP contribution < -0.4 is 15.5 Å². The highest BCUT2D eigenvalue weighted by Gasteiger charge is 2.18. The van der Waals surface area contributed by atoms with E-state index in [4.69, 9.17) is 11.6 Å². The average Bonchev–Trinajstić information content (AvgIpc) is 2.62. The Morgan fingerprint density at radius 1 is 1.04 bits per heavy atom. The maximum absolute atomic E-state index is 12.4. The van der Waals surface area contributed by atoms with Crippen LogP contribution in [-0.2, 0) is 16.1 Å². The first-order valence-electron chi connectivity index (χ1n) is 9.18. The monoisotopic (exact) mass is 388 g/mol. The molecule has 0 bridgehead atoms. The molecule has 5 nitrogen and oxygen atoms in total. The molecule has 1 atom stereocenters. The average molecular weight is 389 g/mol. The number of benzene rings is 2. The number of halogens is 1.